The summed E-state index contributed by atoms with van der Waals surface area (Å²) in [6.07, 6.45) is 2.85. The van der Waals surface area contributed by atoms with Crippen LogP contribution in [0.1, 0.15) is 27.2 Å². The van der Waals surface area contributed by atoms with E-state index in [2.05, 4.69) is 0 Å². The number of hydrogen-bond acceptors (Lipinski definition) is 4. The van der Waals surface area contributed by atoms with Gasteiger partial charge < -0.3 is 15.4 Å². The van der Waals surface area contributed by atoms with Crippen molar-refractivity contribution in [3.8, 4) is 0 Å². The van der Waals surface area contributed by atoms with Gasteiger partial charge in [-0.15, -0.1) is 0 Å². The Labute approximate surface area is 108 Å². The van der Waals surface area contributed by atoms with Gasteiger partial charge in [-0.2, -0.15) is 11.8 Å². The lowest BCUT2D eigenvalue weighted by molar-refractivity contribution is -0.159. The first-order valence-corrected chi connectivity index (χ1v) is 7.46. The molecule has 0 unspecified atom stereocenters. The van der Waals surface area contributed by atoms with Gasteiger partial charge in [0.05, 0.1) is 17.7 Å². The minimum atomic E-state index is -0.372. The summed E-state index contributed by atoms with van der Waals surface area (Å²) in [5, 5.41) is 0. The van der Waals surface area contributed by atoms with E-state index in [1.54, 1.807) is 11.8 Å². The van der Waals surface area contributed by atoms with Gasteiger partial charge in [0.15, 0.2) is 0 Å². The fourth-order valence-electron chi connectivity index (χ4n) is 2.22. The topological polar surface area (TPSA) is 55.6 Å². The smallest absolute Gasteiger partial charge is 0.239 e. The second kappa shape index (κ2) is 6.07. The first-order chi connectivity index (χ1) is 7.85. The Morgan fingerprint density at radius 1 is 1.65 bits per heavy atom. The van der Waals surface area contributed by atoms with E-state index in [-0.39, 0.29) is 23.7 Å². The lowest BCUT2D eigenvalue weighted by Gasteiger charge is -2.42. The van der Waals surface area contributed by atoms with E-state index < -0.39 is 0 Å². The second-order valence-corrected chi connectivity index (χ2v) is 6.28. The van der Waals surface area contributed by atoms with E-state index in [0.717, 1.165) is 12.2 Å². The molecule has 1 heterocycles. The first-order valence-electron chi connectivity index (χ1n) is 6.07. The predicted molar refractivity (Wildman–Crippen MR) is 72.2 cm³/mol. The molecule has 1 fully saturated rings. The van der Waals surface area contributed by atoms with Crippen LogP contribution in [0.25, 0.3) is 0 Å². The van der Waals surface area contributed by atoms with Gasteiger partial charge in [-0.05, 0) is 39.2 Å². The molecule has 0 aromatic carbocycles. The van der Waals surface area contributed by atoms with Crippen LogP contribution in [0.5, 0.6) is 0 Å². The van der Waals surface area contributed by atoms with E-state index in [9.17, 15) is 4.79 Å². The quantitative estimate of drug-likeness (QED) is 0.822. The highest BCUT2D eigenvalue weighted by atomic mass is 32.2. The van der Waals surface area contributed by atoms with Crippen molar-refractivity contribution in [2.24, 2.45) is 5.73 Å². The highest BCUT2D eigenvalue weighted by Crippen LogP contribution is 2.21. The molecule has 2 atom stereocenters. The highest BCUT2D eigenvalue weighted by molar-refractivity contribution is 7.98. The summed E-state index contributed by atoms with van der Waals surface area (Å²) >= 11 is 1.72. The zero-order valence-corrected chi connectivity index (χ0v) is 12.0. The van der Waals surface area contributed by atoms with Gasteiger partial charge in [-0.1, -0.05) is 0 Å². The minimum Gasteiger partial charge on any atom is -0.369 e. The molecule has 0 spiro atoms. The molecule has 1 amide bonds. The number of nitrogens with zero attached hydrogens (tertiary/aromatic N) is 1. The molecule has 4 nitrogen and oxygen atoms in total. The molecule has 0 bridgehead atoms. The van der Waals surface area contributed by atoms with Crippen molar-refractivity contribution in [2.45, 2.75) is 44.9 Å². The summed E-state index contributed by atoms with van der Waals surface area (Å²) in [7, 11) is 0. The third-order valence-corrected chi connectivity index (χ3v) is 3.48. The molecule has 0 aromatic heterocycles. The van der Waals surface area contributed by atoms with Crippen LogP contribution in [0, 0.1) is 0 Å². The Morgan fingerprint density at radius 3 is 2.82 bits per heavy atom. The number of nitrogens with two attached hydrogens (primary N) is 1. The Balaban J connectivity index is 2.56. The van der Waals surface area contributed by atoms with Crippen molar-refractivity contribution in [2.75, 3.05) is 25.1 Å². The van der Waals surface area contributed by atoms with Gasteiger partial charge in [0.25, 0.3) is 0 Å². The molecule has 0 radical (unpaired) electrons. The van der Waals surface area contributed by atoms with Gasteiger partial charge in [0.1, 0.15) is 0 Å². The van der Waals surface area contributed by atoms with Gasteiger partial charge >= 0.3 is 0 Å². The monoisotopic (exact) mass is 260 g/mol. The largest absolute Gasteiger partial charge is 0.369 e. The van der Waals surface area contributed by atoms with E-state index in [4.69, 9.17) is 10.5 Å². The van der Waals surface area contributed by atoms with Gasteiger partial charge in [0, 0.05) is 13.1 Å². The molecular weight excluding hydrogens is 236 g/mol. The number of rotatable bonds is 4. The Kier molecular flexibility index (Phi) is 5.28. The number of amides is 1. The number of carbonyl (C=O) groups is 1. The van der Waals surface area contributed by atoms with Crippen molar-refractivity contribution in [1.29, 1.82) is 0 Å². The molecule has 1 saturated heterocycles. The maximum Gasteiger partial charge on any atom is 0.239 e. The normalized spacial score (nSPS) is 25.7. The molecule has 17 heavy (non-hydrogen) atoms. The number of carbonyl (C=O) groups excluding carboxylic acids is 1. The number of morpholine rings is 1. The molecule has 0 aliphatic carbocycles. The van der Waals surface area contributed by atoms with Crippen LogP contribution >= 0.6 is 11.8 Å². The average molecular weight is 260 g/mol. The zero-order chi connectivity index (χ0) is 13.1. The van der Waals surface area contributed by atoms with Crippen molar-refractivity contribution >= 4 is 17.7 Å². The SMILES string of the molecule is CSCC[C@@H](N)C(=O)N1C[C@@H](C)OC(C)(C)C1. The summed E-state index contributed by atoms with van der Waals surface area (Å²) < 4.78 is 5.78. The molecule has 2 N–H and O–H groups in total. The molecule has 1 rings (SSSR count). The van der Waals surface area contributed by atoms with Gasteiger partial charge in [-0.25, -0.2) is 0 Å². The Morgan fingerprint density at radius 2 is 2.29 bits per heavy atom. The lowest BCUT2D eigenvalue weighted by Crippen LogP contribution is -2.57. The van der Waals surface area contributed by atoms with Crippen LogP contribution in [0.15, 0.2) is 0 Å². The molecule has 0 saturated carbocycles. The van der Waals surface area contributed by atoms with E-state index in [0.29, 0.717) is 13.1 Å². The first kappa shape index (κ1) is 14.8. The molecule has 0 aromatic rings. The van der Waals surface area contributed by atoms with Crippen LogP contribution in [0.4, 0.5) is 0 Å². The zero-order valence-electron chi connectivity index (χ0n) is 11.2. The van der Waals surface area contributed by atoms with Gasteiger partial charge in [0.2, 0.25) is 5.91 Å². The molecule has 100 valence electrons. The van der Waals surface area contributed by atoms with Crippen molar-refractivity contribution in [3.05, 3.63) is 0 Å². The third kappa shape index (κ3) is 4.48. The van der Waals surface area contributed by atoms with Crippen LogP contribution in [-0.4, -0.2) is 53.7 Å². The van der Waals surface area contributed by atoms with E-state index in [1.165, 1.54) is 0 Å². The lowest BCUT2D eigenvalue weighted by atomic mass is 10.0. The third-order valence-electron chi connectivity index (χ3n) is 2.83. The Bertz CT molecular complexity index is 271. The maximum atomic E-state index is 12.2. The summed E-state index contributed by atoms with van der Waals surface area (Å²) in [6, 6.07) is -0.372. The highest BCUT2D eigenvalue weighted by Gasteiger charge is 2.35. The van der Waals surface area contributed by atoms with Gasteiger partial charge in [-0.3, -0.25) is 4.79 Å². The van der Waals surface area contributed by atoms with Crippen molar-refractivity contribution < 1.29 is 9.53 Å². The Hall–Kier alpha value is -0.260. The molecule has 1 aliphatic rings. The maximum absolute atomic E-state index is 12.2. The van der Waals surface area contributed by atoms with Crippen LogP contribution in [0.2, 0.25) is 0 Å². The van der Waals surface area contributed by atoms with Crippen molar-refractivity contribution in [1.82, 2.24) is 4.90 Å². The summed E-state index contributed by atoms with van der Waals surface area (Å²) in [4.78, 5) is 14.0. The predicted octanol–water partition coefficient (Wildman–Crippen LogP) is 1.09. The number of thioether (sulfide) groups is 1. The van der Waals surface area contributed by atoms with E-state index in [1.807, 2.05) is 31.9 Å². The van der Waals surface area contributed by atoms with E-state index >= 15 is 0 Å². The average Bonchev–Trinajstić information content (AvgIpc) is 2.21. The van der Waals surface area contributed by atoms with Crippen LogP contribution in [0.3, 0.4) is 0 Å². The number of hydrogen-bond donors (Lipinski definition) is 1. The minimum absolute atomic E-state index is 0.0577. The van der Waals surface area contributed by atoms with Crippen LogP contribution in [-0.2, 0) is 9.53 Å². The molecule has 1 aliphatic heterocycles. The van der Waals surface area contributed by atoms with Crippen molar-refractivity contribution in [3.63, 3.8) is 0 Å². The fourth-order valence-corrected chi connectivity index (χ4v) is 2.71. The van der Waals surface area contributed by atoms with Crippen LogP contribution < -0.4 is 5.73 Å². The summed E-state index contributed by atoms with van der Waals surface area (Å²) in [6.45, 7) is 7.29. The standard InChI is InChI=1S/C12H24N2O2S/c1-9-7-14(8-12(2,3)16-9)11(15)10(13)5-6-17-4/h9-10H,5-8,13H2,1-4H3/t9-,10-/m1/s1. The summed E-state index contributed by atoms with van der Waals surface area (Å²) in [5.41, 5.74) is 5.65. The fraction of sp³-hybridized carbons (Fsp3) is 0.917. The molecular formula is C12H24N2O2S. The molecule has 5 heteroatoms. The second-order valence-electron chi connectivity index (χ2n) is 5.29. The summed E-state index contributed by atoms with van der Waals surface area (Å²) in [5.74, 6) is 0.984. The number of ether oxygens (including phenoxy) is 1.